The Morgan fingerprint density at radius 3 is 2.47 bits per heavy atom. The van der Waals surface area contributed by atoms with Crippen LogP contribution < -0.4 is 16.0 Å². The smallest absolute Gasteiger partial charge is 0.368 e. The summed E-state index contributed by atoms with van der Waals surface area (Å²) >= 11 is 0. The van der Waals surface area contributed by atoms with Crippen LogP contribution in [0.15, 0.2) is 34.8 Å². The molecule has 3 aliphatic rings. The van der Waals surface area contributed by atoms with Crippen molar-refractivity contribution in [1.82, 2.24) is 9.80 Å². The number of amides is 1. The summed E-state index contributed by atoms with van der Waals surface area (Å²) in [5, 5.41) is 2.88. The molecule has 3 N–H and O–H groups in total. The Kier molecular flexibility index (Phi) is 5.46. The molecule has 0 aromatic heterocycles. The Labute approximate surface area is 173 Å². The van der Waals surface area contributed by atoms with Crippen molar-refractivity contribution in [3.63, 3.8) is 0 Å². The zero-order valence-electron chi connectivity index (χ0n) is 16.7. The van der Waals surface area contributed by atoms with Crippen LogP contribution in [0.3, 0.4) is 0 Å². The maximum absolute atomic E-state index is 13.8. The molecule has 0 spiro atoms. The van der Waals surface area contributed by atoms with Gasteiger partial charge in [-0.2, -0.15) is 13.2 Å². The monoisotopic (exact) mass is 422 g/mol. The number of likely N-dealkylation sites (tertiary alicyclic amines) is 1. The van der Waals surface area contributed by atoms with E-state index in [2.05, 4.69) is 15.2 Å². The molecule has 30 heavy (non-hydrogen) atoms. The fourth-order valence-electron chi connectivity index (χ4n) is 3.77. The normalized spacial score (nSPS) is 22.5. The molecule has 10 heteroatoms. The van der Waals surface area contributed by atoms with Crippen LogP contribution in [-0.4, -0.2) is 74.0 Å². The Morgan fingerprint density at radius 2 is 1.87 bits per heavy atom. The summed E-state index contributed by atoms with van der Waals surface area (Å²) in [6.45, 7) is 3.81. The Balaban J connectivity index is 1.58. The first-order chi connectivity index (χ1) is 14.2. The molecule has 1 aromatic carbocycles. The number of hydrogen-bond acceptors (Lipinski definition) is 6. The summed E-state index contributed by atoms with van der Waals surface area (Å²) in [7, 11) is 1.95. The summed E-state index contributed by atoms with van der Waals surface area (Å²) in [6.07, 6.45) is -2.73. The number of rotatable bonds is 3. The van der Waals surface area contributed by atoms with Crippen molar-refractivity contribution in [2.75, 3.05) is 56.5 Å². The van der Waals surface area contributed by atoms with Crippen molar-refractivity contribution in [3.05, 3.63) is 35.4 Å². The lowest BCUT2D eigenvalue weighted by atomic mass is 10.1. The fraction of sp³-hybridized carbons (Fsp3) is 0.500. The second-order valence-electron chi connectivity index (χ2n) is 7.84. The summed E-state index contributed by atoms with van der Waals surface area (Å²) in [4.78, 5) is 22.3. The number of anilines is 2. The van der Waals surface area contributed by atoms with Crippen LogP contribution in [0.25, 0.3) is 0 Å². The predicted octanol–water partition coefficient (Wildman–Crippen LogP) is 1.72. The lowest BCUT2D eigenvalue weighted by Gasteiger charge is -2.35. The molecule has 1 atom stereocenters. The SMILES string of the molecule is CN1CCN(c2ccc(NC3=NC(N)C=C3C(=O)N3CCC3)cc2C(F)(F)F)CC1. The second kappa shape index (κ2) is 7.92. The van der Waals surface area contributed by atoms with E-state index in [1.54, 1.807) is 15.9 Å². The van der Waals surface area contributed by atoms with Gasteiger partial charge in [-0.15, -0.1) is 0 Å². The number of hydrogen-bond donors (Lipinski definition) is 2. The highest BCUT2D eigenvalue weighted by atomic mass is 19.4. The van der Waals surface area contributed by atoms with Gasteiger partial charge in [0.2, 0.25) is 0 Å². The fourth-order valence-corrected chi connectivity index (χ4v) is 3.77. The van der Waals surface area contributed by atoms with Crippen molar-refractivity contribution in [1.29, 1.82) is 0 Å². The number of nitrogens with zero attached hydrogens (tertiary/aromatic N) is 4. The van der Waals surface area contributed by atoms with Crippen LogP contribution in [0.4, 0.5) is 24.5 Å². The lowest BCUT2D eigenvalue weighted by Crippen LogP contribution is -2.45. The summed E-state index contributed by atoms with van der Waals surface area (Å²) in [5.41, 5.74) is 5.81. The van der Waals surface area contributed by atoms with Crippen molar-refractivity contribution in [3.8, 4) is 0 Å². The quantitative estimate of drug-likeness (QED) is 0.776. The van der Waals surface area contributed by atoms with Gasteiger partial charge in [0, 0.05) is 50.6 Å². The average Bonchev–Trinajstić information content (AvgIpc) is 3.00. The van der Waals surface area contributed by atoms with E-state index in [4.69, 9.17) is 5.73 Å². The molecular weight excluding hydrogens is 397 g/mol. The van der Waals surface area contributed by atoms with E-state index < -0.39 is 17.9 Å². The number of alkyl halides is 3. The number of nitrogens with two attached hydrogens (primary N) is 1. The summed E-state index contributed by atoms with van der Waals surface area (Å²) < 4.78 is 41.4. The third-order valence-electron chi connectivity index (χ3n) is 5.65. The van der Waals surface area contributed by atoms with E-state index in [0.717, 1.165) is 12.5 Å². The number of amidine groups is 1. The topological polar surface area (TPSA) is 77.2 Å². The van der Waals surface area contributed by atoms with Crippen molar-refractivity contribution >= 4 is 23.1 Å². The molecule has 1 aromatic rings. The van der Waals surface area contributed by atoms with Gasteiger partial charge in [-0.25, -0.2) is 4.99 Å². The van der Waals surface area contributed by atoms with Gasteiger partial charge in [0.05, 0.1) is 11.1 Å². The zero-order valence-corrected chi connectivity index (χ0v) is 16.7. The van der Waals surface area contributed by atoms with E-state index >= 15 is 0 Å². The lowest BCUT2D eigenvalue weighted by molar-refractivity contribution is -0.137. The third kappa shape index (κ3) is 4.15. The molecule has 3 heterocycles. The Morgan fingerprint density at radius 1 is 1.17 bits per heavy atom. The third-order valence-corrected chi connectivity index (χ3v) is 5.65. The molecule has 0 bridgehead atoms. The number of carbonyl (C=O) groups is 1. The minimum absolute atomic E-state index is 0.165. The molecule has 162 valence electrons. The number of nitrogens with one attached hydrogen (secondary N) is 1. The number of halogens is 3. The highest BCUT2D eigenvalue weighted by Crippen LogP contribution is 2.39. The molecule has 4 rings (SSSR count). The first kappa shape index (κ1) is 20.7. The molecule has 7 nitrogen and oxygen atoms in total. The largest absolute Gasteiger partial charge is 0.418 e. The standard InChI is InChI=1S/C20H25F3N6O/c1-27-7-9-28(10-8-27)16-4-3-13(11-15(16)20(21,22)23)25-18-14(12-17(24)26-18)19(30)29-5-2-6-29/h3-4,11-12,17H,2,5-10,24H2,1H3,(H,25,26). The maximum atomic E-state index is 13.8. The maximum Gasteiger partial charge on any atom is 0.418 e. The van der Waals surface area contributed by atoms with E-state index in [9.17, 15) is 18.0 Å². The van der Waals surface area contributed by atoms with E-state index in [-0.39, 0.29) is 23.1 Å². The second-order valence-corrected chi connectivity index (χ2v) is 7.84. The minimum atomic E-state index is -4.50. The molecule has 3 aliphatic heterocycles. The molecule has 1 unspecified atom stereocenters. The van der Waals surface area contributed by atoms with Crippen LogP contribution in [-0.2, 0) is 11.0 Å². The number of carbonyl (C=O) groups excluding carboxylic acids is 1. The van der Waals surface area contributed by atoms with Gasteiger partial charge < -0.3 is 25.8 Å². The molecule has 0 saturated carbocycles. The summed E-state index contributed by atoms with van der Waals surface area (Å²) in [6, 6.07) is 4.14. The average molecular weight is 422 g/mol. The van der Waals surface area contributed by atoms with Gasteiger partial charge in [0.1, 0.15) is 12.0 Å². The van der Waals surface area contributed by atoms with Crippen molar-refractivity contribution in [2.45, 2.75) is 18.8 Å². The van der Waals surface area contributed by atoms with Crippen LogP contribution in [0.2, 0.25) is 0 Å². The van der Waals surface area contributed by atoms with Gasteiger partial charge in [-0.05, 0) is 37.7 Å². The minimum Gasteiger partial charge on any atom is -0.368 e. The Bertz CT molecular complexity index is 885. The molecular formula is C20H25F3N6O. The molecule has 2 saturated heterocycles. The van der Waals surface area contributed by atoms with Crippen molar-refractivity contribution in [2.24, 2.45) is 10.7 Å². The molecule has 2 fully saturated rings. The van der Waals surface area contributed by atoms with Gasteiger partial charge in [0.15, 0.2) is 0 Å². The van der Waals surface area contributed by atoms with E-state index in [0.29, 0.717) is 44.8 Å². The highest BCUT2D eigenvalue weighted by Gasteiger charge is 2.36. The number of piperazine rings is 1. The first-order valence-electron chi connectivity index (χ1n) is 9.99. The zero-order chi connectivity index (χ0) is 21.5. The van der Waals surface area contributed by atoms with Crippen molar-refractivity contribution < 1.29 is 18.0 Å². The van der Waals surface area contributed by atoms with E-state index in [1.807, 2.05) is 7.05 Å². The van der Waals surface area contributed by atoms with E-state index in [1.165, 1.54) is 12.1 Å². The highest BCUT2D eigenvalue weighted by molar-refractivity contribution is 6.26. The number of benzene rings is 1. The first-order valence-corrected chi connectivity index (χ1v) is 9.99. The summed E-state index contributed by atoms with van der Waals surface area (Å²) in [5.74, 6) is 0.00502. The Hall–Kier alpha value is -2.59. The van der Waals surface area contributed by atoms with Gasteiger partial charge >= 0.3 is 6.18 Å². The number of likely N-dealkylation sites (N-methyl/N-ethyl adjacent to an activating group) is 1. The molecule has 0 radical (unpaired) electrons. The van der Waals surface area contributed by atoms with Crippen LogP contribution in [0.5, 0.6) is 0 Å². The molecule has 0 aliphatic carbocycles. The molecule has 1 amide bonds. The van der Waals surface area contributed by atoms with Crippen LogP contribution >= 0.6 is 0 Å². The van der Waals surface area contributed by atoms with Crippen LogP contribution in [0.1, 0.15) is 12.0 Å². The predicted molar refractivity (Wildman–Crippen MR) is 109 cm³/mol. The van der Waals surface area contributed by atoms with Gasteiger partial charge in [-0.3, -0.25) is 4.79 Å². The van der Waals surface area contributed by atoms with Gasteiger partial charge in [0.25, 0.3) is 5.91 Å². The van der Waals surface area contributed by atoms with Crippen LogP contribution in [0, 0.1) is 0 Å². The number of aliphatic imine (C=N–C) groups is 1. The van der Waals surface area contributed by atoms with Gasteiger partial charge in [-0.1, -0.05) is 0 Å².